The second-order valence-corrected chi connectivity index (χ2v) is 15.1. The molecular weight excluding hydrogens is 582 g/mol. The van der Waals surface area contributed by atoms with Crippen LogP contribution in [-0.4, -0.2) is 38.5 Å². The van der Waals surface area contributed by atoms with E-state index in [1.165, 1.54) is 0 Å². The quantitative estimate of drug-likeness (QED) is 0.199. The second kappa shape index (κ2) is 11.6. The molecule has 4 rings (SSSR count). The van der Waals surface area contributed by atoms with Crippen LogP contribution in [0, 0.1) is 0 Å². The van der Waals surface area contributed by atoms with E-state index in [4.69, 9.17) is 4.55 Å². The fourth-order valence-corrected chi connectivity index (χ4v) is 9.14. The highest BCUT2D eigenvalue weighted by atomic mass is 32.3. The van der Waals surface area contributed by atoms with Crippen LogP contribution in [0.25, 0.3) is 0 Å². The Morgan fingerprint density at radius 2 is 0.925 bits per heavy atom. The van der Waals surface area contributed by atoms with E-state index in [9.17, 15) is 35.1 Å². The molecule has 0 heterocycles. The molecule has 13 heteroatoms. The van der Waals surface area contributed by atoms with Crippen molar-refractivity contribution < 1.29 is 48.4 Å². The third kappa shape index (κ3) is 5.54. The largest absolute Gasteiger partial charge is 0.439 e. The molecule has 3 fully saturated rings. The fourth-order valence-electron chi connectivity index (χ4n) is 6.77. The van der Waals surface area contributed by atoms with Gasteiger partial charge in [-0.1, -0.05) is 69.9 Å². The van der Waals surface area contributed by atoms with Crippen LogP contribution in [0.5, 0.6) is 0 Å². The molecule has 5 nitrogen and oxygen atoms in total. The lowest BCUT2D eigenvalue weighted by atomic mass is 9.76. The highest BCUT2D eigenvalue weighted by molar-refractivity contribution is 8.25. The molecular formula is C27H38F6O5S2. The predicted molar refractivity (Wildman–Crippen MR) is 141 cm³/mol. The molecule has 0 spiro atoms. The van der Waals surface area contributed by atoms with Gasteiger partial charge in [0.15, 0.2) is 0 Å². The number of hydrogen-bond acceptors (Lipinski definition) is 4. The maximum absolute atomic E-state index is 15.6. The molecule has 3 N–H and O–H groups in total. The summed E-state index contributed by atoms with van der Waals surface area (Å²) >= 11 is 0. The van der Waals surface area contributed by atoms with E-state index in [-0.39, 0.29) is 17.0 Å². The first-order valence-electron chi connectivity index (χ1n) is 14.1. The molecule has 0 amide bonds. The highest BCUT2D eigenvalue weighted by Gasteiger charge is 2.82. The van der Waals surface area contributed by atoms with Crippen LogP contribution in [0.15, 0.2) is 17.0 Å². The highest BCUT2D eigenvalue weighted by Crippen LogP contribution is 2.71. The smallest absolute Gasteiger partial charge is 0.290 e. The number of rotatable bonds is 8. The van der Waals surface area contributed by atoms with E-state index >= 15 is 8.78 Å². The maximum atomic E-state index is 15.6. The molecule has 3 aliphatic carbocycles. The van der Waals surface area contributed by atoms with Crippen LogP contribution in [-0.2, 0) is 10.1 Å². The van der Waals surface area contributed by atoms with Crippen LogP contribution in [0.4, 0.5) is 26.3 Å². The molecule has 0 unspecified atom stereocenters. The zero-order valence-corrected chi connectivity index (χ0v) is 23.9. The van der Waals surface area contributed by atoms with Crippen molar-refractivity contribution in [3.63, 3.8) is 0 Å². The Balaban J connectivity index is 1.98. The van der Waals surface area contributed by atoms with Gasteiger partial charge in [-0.15, -0.1) is 10.6 Å². The van der Waals surface area contributed by atoms with Crippen molar-refractivity contribution in [2.45, 2.75) is 135 Å². The van der Waals surface area contributed by atoms with Crippen molar-refractivity contribution in [3.05, 3.63) is 28.8 Å². The third-order valence-corrected chi connectivity index (χ3v) is 11.9. The minimum atomic E-state index is -7.04. The molecule has 0 bridgehead atoms. The summed E-state index contributed by atoms with van der Waals surface area (Å²) in [7, 11) is -13.1. The van der Waals surface area contributed by atoms with Gasteiger partial charge >= 0.3 is 26.5 Å². The molecule has 0 aromatic heterocycles. The topological polar surface area (TPSA) is 94.8 Å². The van der Waals surface area contributed by atoms with Gasteiger partial charge in [0.1, 0.15) is 0 Å². The van der Waals surface area contributed by atoms with Gasteiger partial charge in [0, 0.05) is 0 Å². The summed E-state index contributed by atoms with van der Waals surface area (Å²) in [4.78, 5) is -0.846. The Morgan fingerprint density at radius 3 is 1.27 bits per heavy atom. The first-order chi connectivity index (χ1) is 18.5. The monoisotopic (exact) mass is 620 g/mol. The lowest BCUT2D eigenvalue weighted by molar-refractivity contribution is -0.248. The first kappa shape index (κ1) is 31.9. The lowest BCUT2D eigenvalue weighted by Gasteiger charge is -2.47. The van der Waals surface area contributed by atoms with Crippen molar-refractivity contribution in [1.82, 2.24) is 0 Å². The molecule has 0 saturated heterocycles. The molecule has 1 aromatic rings. The summed E-state index contributed by atoms with van der Waals surface area (Å²) in [6.07, 6.45) is 11.0. The third-order valence-electron chi connectivity index (χ3n) is 9.03. The van der Waals surface area contributed by atoms with Gasteiger partial charge in [-0.25, -0.2) is 0 Å². The Bertz CT molecular complexity index is 1120. The van der Waals surface area contributed by atoms with E-state index in [1.807, 2.05) is 0 Å². The van der Waals surface area contributed by atoms with E-state index < -0.39 is 53.9 Å². The van der Waals surface area contributed by atoms with Crippen molar-refractivity contribution >= 4 is 20.7 Å². The SMILES string of the molecule is O=S(=O)(O)C(F)(F)C(F)(F)C(F)(F)S(O)(O)c1c(C2CCCCC2)cc(C2CCCCC2)cc1C1CCCCC1. The van der Waals surface area contributed by atoms with Gasteiger partial charge in [-0.05, 0) is 73.0 Å². The molecule has 40 heavy (non-hydrogen) atoms. The van der Waals surface area contributed by atoms with E-state index in [0.717, 1.165) is 50.5 Å². The van der Waals surface area contributed by atoms with Crippen LogP contribution in [0.2, 0.25) is 0 Å². The normalized spacial score (nSPS) is 22.4. The Hall–Kier alpha value is -1.02. The van der Waals surface area contributed by atoms with Gasteiger partial charge in [-0.2, -0.15) is 34.8 Å². The average molecular weight is 621 g/mol. The Kier molecular flexibility index (Phi) is 9.23. The van der Waals surface area contributed by atoms with Crippen LogP contribution in [0.1, 0.15) is 131 Å². The number of hydrogen-bond donors (Lipinski definition) is 3. The van der Waals surface area contributed by atoms with Crippen molar-refractivity contribution in [2.24, 2.45) is 0 Å². The first-order valence-corrected chi connectivity index (χ1v) is 17.1. The minimum absolute atomic E-state index is 0.0639. The molecule has 1 aromatic carbocycles. The molecule has 0 atom stereocenters. The summed E-state index contributed by atoms with van der Waals surface area (Å²) in [5.74, 6) is -7.72. The minimum Gasteiger partial charge on any atom is -0.290 e. The lowest BCUT2D eigenvalue weighted by Crippen LogP contribution is -2.59. The maximum Gasteiger partial charge on any atom is 0.439 e. The summed E-state index contributed by atoms with van der Waals surface area (Å²) < 4.78 is 142. The zero-order chi connectivity index (χ0) is 29.6. The van der Waals surface area contributed by atoms with Crippen molar-refractivity contribution in [1.29, 1.82) is 0 Å². The predicted octanol–water partition coefficient (Wildman–Crippen LogP) is 9.65. The van der Waals surface area contributed by atoms with Gasteiger partial charge in [0.05, 0.1) is 4.90 Å². The van der Waals surface area contributed by atoms with E-state index in [1.54, 1.807) is 12.1 Å². The molecule has 3 aliphatic rings. The zero-order valence-electron chi connectivity index (χ0n) is 22.2. The summed E-state index contributed by atoms with van der Waals surface area (Å²) in [5, 5.41) is -13.0. The number of alkyl halides is 6. The van der Waals surface area contributed by atoms with Crippen LogP contribution in [0.3, 0.4) is 0 Å². The van der Waals surface area contributed by atoms with Crippen molar-refractivity contribution in [2.75, 3.05) is 0 Å². The standard InChI is InChI=1S/C27H38F6O5S2/c28-25(29,27(32,33)40(36,37)38)26(30,31)39(34,35)24-22(19-12-6-2-7-13-19)16-21(18-10-4-1-5-11-18)17-23(24)20-14-8-3-9-15-20/h16-20,34-35H,1-15H2,(H,36,37,38). The van der Waals surface area contributed by atoms with E-state index in [0.29, 0.717) is 51.4 Å². The summed E-state index contributed by atoms with van der Waals surface area (Å²) in [6.45, 7) is 0. The van der Waals surface area contributed by atoms with Gasteiger partial charge < -0.3 is 0 Å². The summed E-state index contributed by atoms with van der Waals surface area (Å²) in [5.41, 5.74) is 0.932. The van der Waals surface area contributed by atoms with Crippen LogP contribution < -0.4 is 0 Å². The molecule has 0 radical (unpaired) electrons. The van der Waals surface area contributed by atoms with Gasteiger partial charge in [0.25, 0.3) is 0 Å². The molecule has 0 aliphatic heterocycles. The number of benzene rings is 1. The summed E-state index contributed by atoms with van der Waals surface area (Å²) in [6, 6.07) is 3.16. The Morgan fingerprint density at radius 1 is 0.575 bits per heavy atom. The van der Waals surface area contributed by atoms with E-state index in [2.05, 4.69) is 0 Å². The molecule has 3 saturated carbocycles. The van der Waals surface area contributed by atoms with Crippen LogP contribution >= 0.6 is 10.6 Å². The molecule has 230 valence electrons. The number of halogens is 6. The second-order valence-electron chi connectivity index (χ2n) is 11.7. The van der Waals surface area contributed by atoms with Gasteiger partial charge in [-0.3, -0.25) is 13.7 Å². The van der Waals surface area contributed by atoms with Crippen molar-refractivity contribution in [3.8, 4) is 0 Å². The average Bonchev–Trinajstić information content (AvgIpc) is 2.92. The fraction of sp³-hybridized carbons (Fsp3) is 0.778. The van der Waals surface area contributed by atoms with Gasteiger partial charge in [0.2, 0.25) is 0 Å². The Labute approximate surface area is 233 Å².